The first-order valence-electron chi connectivity index (χ1n) is 6.56. The van der Waals surface area contributed by atoms with E-state index in [1.54, 1.807) is 0 Å². The fourth-order valence-electron chi connectivity index (χ4n) is 2.08. The zero-order valence-corrected chi connectivity index (χ0v) is 10.7. The van der Waals surface area contributed by atoms with Crippen LogP contribution in [-0.2, 0) is 0 Å². The van der Waals surface area contributed by atoms with Crippen molar-refractivity contribution in [1.29, 1.82) is 0 Å². The highest BCUT2D eigenvalue weighted by Crippen LogP contribution is 2.21. The topological polar surface area (TPSA) is 49.8 Å². The first kappa shape index (κ1) is 12.3. The third-order valence-corrected chi connectivity index (χ3v) is 3.40. The monoisotopic (exact) mass is 234 g/mol. The number of aromatic nitrogens is 2. The van der Waals surface area contributed by atoms with Crippen LogP contribution in [0.25, 0.3) is 0 Å². The second-order valence-electron chi connectivity index (χ2n) is 4.97. The van der Waals surface area contributed by atoms with Crippen molar-refractivity contribution < 1.29 is 0 Å². The Morgan fingerprint density at radius 2 is 2.35 bits per heavy atom. The summed E-state index contributed by atoms with van der Waals surface area (Å²) >= 11 is 0. The minimum absolute atomic E-state index is 0.571. The SMILES string of the molecule is CCCC(C)c1cnnc(NCC2CNC2)c1. The van der Waals surface area contributed by atoms with E-state index in [1.165, 1.54) is 18.4 Å². The van der Waals surface area contributed by atoms with Crippen molar-refractivity contribution in [2.24, 2.45) is 5.92 Å². The smallest absolute Gasteiger partial charge is 0.148 e. The first-order valence-corrected chi connectivity index (χ1v) is 6.56. The average Bonchev–Trinajstić information content (AvgIpc) is 2.28. The highest BCUT2D eigenvalue weighted by molar-refractivity contribution is 5.36. The van der Waals surface area contributed by atoms with Gasteiger partial charge in [-0.3, -0.25) is 0 Å². The Bertz CT molecular complexity index is 349. The Morgan fingerprint density at radius 3 is 3.00 bits per heavy atom. The molecule has 1 unspecified atom stereocenters. The van der Waals surface area contributed by atoms with E-state index < -0.39 is 0 Å². The minimum atomic E-state index is 0.571. The molecule has 17 heavy (non-hydrogen) atoms. The fourth-order valence-corrected chi connectivity index (χ4v) is 2.08. The van der Waals surface area contributed by atoms with Gasteiger partial charge in [-0.25, -0.2) is 0 Å². The highest BCUT2D eigenvalue weighted by Gasteiger charge is 2.16. The number of anilines is 1. The Labute approximate surface area is 103 Å². The van der Waals surface area contributed by atoms with Gasteiger partial charge in [-0.2, -0.15) is 5.10 Å². The molecule has 1 atom stereocenters. The highest BCUT2D eigenvalue weighted by atomic mass is 15.2. The minimum Gasteiger partial charge on any atom is -0.368 e. The van der Waals surface area contributed by atoms with Crippen LogP contribution in [0.3, 0.4) is 0 Å². The average molecular weight is 234 g/mol. The van der Waals surface area contributed by atoms with Gasteiger partial charge in [0.15, 0.2) is 0 Å². The van der Waals surface area contributed by atoms with Gasteiger partial charge < -0.3 is 10.6 Å². The predicted octanol–water partition coefficient (Wildman–Crippen LogP) is 2.01. The normalized spacial score (nSPS) is 17.5. The number of nitrogens with one attached hydrogen (secondary N) is 2. The lowest BCUT2D eigenvalue weighted by atomic mass is 9.98. The van der Waals surface area contributed by atoms with E-state index in [2.05, 4.69) is 40.7 Å². The standard InChI is InChI=1S/C13H22N4/c1-3-4-10(2)12-5-13(17-16-9-12)15-8-11-6-14-7-11/h5,9-11,14H,3-4,6-8H2,1-2H3,(H,15,17). The summed E-state index contributed by atoms with van der Waals surface area (Å²) in [5.74, 6) is 2.23. The molecular weight excluding hydrogens is 212 g/mol. The lowest BCUT2D eigenvalue weighted by Gasteiger charge is -2.27. The zero-order chi connectivity index (χ0) is 12.1. The number of hydrogen-bond donors (Lipinski definition) is 2. The van der Waals surface area contributed by atoms with Gasteiger partial charge in [-0.1, -0.05) is 20.3 Å². The van der Waals surface area contributed by atoms with Crippen molar-refractivity contribution in [2.45, 2.75) is 32.6 Å². The lowest BCUT2D eigenvalue weighted by Crippen LogP contribution is -2.45. The first-order chi connectivity index (χ1) is 8.29. The lowest BCUT2D eigenvalue weighted by molar-refractivity contribution is 0.365. The molecule has 1 aliphatic rings. The van der Waals surface area contributed by atoms with Crippen molar-refractivity contribution in [1.82, 2.24) is 15.5 Å². The largest absolute Gasteiger partial charge is 0.368 e. The van der Waals surface area contributed by atoms with Crippen LogP contribution in [0, 0.1) is 5.92 Å². The van der Waals surface area contributed by atoms with Gasteiger partial charge >= 0.3 is 0 Å². The molecule has 0 saturated carbocycles. The van der Waals surface area contributed by atoms with Crippen LogP contribution in [0.5, 0.6) is 0 Å². The molecule has 1 fully saturated rings. The van der Waals surface area contributed by atoms with Crippen LogP contribution >= 0.6 is 0 Å². The molecule has 1 saturated heterocycles. The van der Waals surface area contributed by atoms with Gasteiger partial charge in [0, 0.05) is 25.6 Å². The van der Waals surface area contributed by atoms with Crippen LogP contribution in [-0.4, -0.2) is 29.8 Å². The summed E-state index contributed by atoms with van der Waals surface area (Å²) in [7, 11) is 0. The van der Waals surface area contributed by atoms with Gasteiger partial charge in [0.1, 0.15) is 5.82 Å². The van der Waals surface area contributed by atoms with Crippen LogP contribution < -0.4 is 10.6 Å². The summed E-state index contributed by atoms with van der Waals surface area (Å²) < 4.78 is 0. The van der Waals surface area contributed by atoms with Crippen molar-refractivity contribution in [3.05, 3.63) is 17.8 Å². The Hall–Kier alpha value is -1.16. The molecule has 2 N–H and O–H groups in total. The molecule has 0 amide bonds. The van der Waals surface area contributed by atoms with Crippen molar-refractivity contribution >= 4 is 5.82 Å². The quantitative estimate of drug-likeness (QED) is 0.790. The second-order valence-corrected chi connectivity index (χ2v) is 4.97. The van der Waals surface area contributed by atoms with E-state index in [0.29, 0.717) is 5.92 Å². The summed E-state index contributed by atoms with van der Waals surface area (Å²) in [4.78, 5) is 0. The van der Waals surface area contributed by atoms with Gasteiger partial charge in [0.05, 0.1) is 6.20 Å². The van der Waals surface area contributed by atoms with Crippen molar-refractivity contribution in [3.8, 4) is 0 Å². The summed E-state index contributed by atoms with van der Waals surface area (Å²) in [6.45, 7) is 7.69. The maximum absolute atomic E-state index is 4.13. The number of nitrogens with zero attached hydrogens (tertiary/aromatic N) is 2. The molecular formula is C13H22N4. The summed E-state index contributed by atoms with van der Waals surface area (Å²) in [5, 5.41) is 14.9. The second kappa shape index (κ2) is 5.96. The molecule has 0 bridgehead atoms. The molecule has 0 aliphatic carbocycles. The van der Waals surface area contributed by atoms with Gasteiger partial charge in [0.25, 0.3) is 0 Å². The van der Waals surface area contributed by atoms with Crippen LogP contribution in [0.1, 0.15) is 38.2 Å². The Kier molecular flexibility index (Phi) is 4.31. The number of rotatable bonds is 6. The van der Waals surface area contributed by atoms with E-state index >= 15 is 0 Å². The van der Waals surface area contributed by atoms with Gasteiger partial charge in [-0.15, -0.1) is 5.10 Å². The summed E-state index contributed by atoms with van der Waals surface area (Å²) in [6, 6.07) is 2.14. The molecule has 1 aromatic rings. The van der Waals surface area contributed by atoms with Crippen molar-refractivity contribution in [3.63, 3.8) is 0 Å². The molecule has 0 aromatic carbocycles. The van der Waals surface area contributed by atoms with Crippen LogP contribution in [0.2, 0.25) is 0 Å². The Morgan fingerprint density at radius 1 is 1.53 bits per heavy atom. The van der Waals surface area contributed by atoms with Crippen LogP contribution in [0.4, 0.5) is 5.82 Å². The molecule has 0 radical (unpaired) electrons. The zero-order valence-electron chi connectivity index (χ0n) is 10.7. The van der Waals surface area contributed by atoms with E-state index in [-0.39, 0.29) is 0 Å². The molecule has 2 heterocycles. The van der Waals surface area contributed by atoms with Gasteiger partial charge in [-0.05, 0) is 24.0 Å². The van der Waals surface area contributed by atoms with Crippen LogP contribution in [0.15, 0.2) is 12.3 Å². The summed E-state index contributed by atoms with van der Waals surface area (Å²) in [5.41, 5.74) is 1.29. The molecule has 0 spiro atoms. The third kappa shape index (κ3) is 3.40. The molecule has 1 aromatic heterocycles. The maximum Gasteiger partial charge on any atom is 0.148 e. The van der Waals surface area contributed by atoms with Crippen molar-refractivity contribution in [2.75, 3.05) is 25.0 Å². The summed E-state index contributed by atoms with van der Waals surface area (Å²) in [6.07, 6.45) is 4.30. The molecule has 4 heteroatoms. The molecule has 2 rings (SSSR count). The van der Waals surface area contributed by atoms with E-state index in [1.807, 2.05) is 6.20 Å². The molecule has 4 nitrogen and oxygen atoms in total. The Balaban J connectivity index is 1.90. The fraction of sp³-hybridized carbons (Fsp3) is 0.692. The third-order valence-electron chi connectivity index (χ3n) is 3.40. The predicted molar refractivity (Wildman–Crippen MR) is 70.2 cm³/mol. The van der Waals surface area contributed by atoms with Gasteiger partial charge in [0.2, 0.25) is 0 Å². The van der Waals surface area contributed by atoms with E-state index in [9.17, 15) is 0 Å². The number of hydrogen-bond acceptors (Lipinski definition) is 4. The molecule has 1 aliphatic heterocycles. The van der Waals surface area contributed by atoms with E-state index in [0.717, 1.165) is 31.4 Å². The molecule has 94 valence electrons. The van der Waals surface area contributed by atoms with E-state index in [4.69, 9.17) is 0 Å². The maximum atomic E-state index is 4.13.